The molecule has 2 heteroatoms. The third-order valence-corrected chi connectivity index (χ3v) is 3.82. The topological polar surface area (TPSA) is 18.5 Å². The van der Waals surface area contributed by atoms with Crippen LogP contribution in [0.5, 0.6) is 0 Å². The van der Waals surface area contributed by atoms with Gasteiger partial charge in [-0.15, -0.1) is 0 Å². The van der Waals surface area contributed by atoms with Crippen LogP contribution in [0.2, 0.25) is 0 Å². The monoisotopic (exact) mass is 234 g/mol. The van der Waals surface area contributed by atoms with Gasteiger partial charge in [0.2, 0.25) is 0 Å². The molecule has 0 saturated heterocycles. The van der Waals surface area contributed by atoms with E-state index in [0.717, 1.165) is 12.8 Å². The highest BCUT2D eigenvalue weighted by Gasteiger charge is 2.38. The molecule has 2 aliphatic carbocycles. The van der Waals surface area contributed by atoms with Gasteiger partial charge in [0.05, 0.1) is 5.60 Å². The van der Waals surface area contributed by atoms with Crippen molar-refractivity contribution >= 4 is 0 Å². The molecule has 0 bridgehead atoms. The van der Waals surface area contributed by atoms with Gasteiger partial charge in [0.25, 0.3) is 0 Å². The normalized spacial score (nSPS) is 33.0. The molecule has 0 heterocycles. The molecule has 2 unspecified atom stereocenters. The van der Waals surface area contributed by atoms with Crippen molar-refractivity contribution in [3.8, 4) is 0 Å². The second-order valence-electron chi connectivity index (χ2n) is 5.04. The van der Waals surface area contributed by atoms with Crippen LogP contribution < -0.4 is 0 Å². The zero-order valence-electron chi connectivity index (χ0n) is 10.7. The van der Waals surface area contributed by atoms with Crippen LogP contribution in [0.25, 0.3) is 0 Å². The first-order valence-electron chi connectivity index (χ1n) is 6.41. The van der Waals surface area contributed by atoms with Gasteiger partial charge in [0.1, 0.15) is 6.79 Å². The first-order chi connectivity index (χ1) is 8.27. The van der Waals surface area contributed by atoms with Gasteiger partial charge in [-0.25, -0.2) is 0 Å². The van der Waals surface area contributed by atoms with Crippen molar-refractivity contribution in [1.29, 1.82) is 0 Å². The number of hydrogen-bond donors (Lipinski definition) is 0. The maximum atomic E-state index is 6.01. The van der Waals surface area contributed by atoms with Gasteiger partial charge < -0.3 is 9.47 Å². The summed E-state index contributed by atoms with van der Waals surface area (Å²) in [6.45, 7) is 4.50. The van der Waals surface area contributed by atoms with E-state index in [-0.39, 0.29) is 5.60 Å². The van der Waals surface area contributed by atoms with E-state index in [1.807, 2.05) is 0 Å². The second-order valence-corrected chi connectivity index (χ2v) is 5.04. The van der Waals surface area contributed by atoms with Gasteiger partial charge in [-0.1, -0.05) is 36.5 Å². The van der Waals surface area contributed by atoms with E-state index in [1.165, 1.54) is 24.8 Å². The highest BCUT2D eigenvalue weighted by atomic mass is 16.7. The van der Waals surface area contributed by atoms with Gasteiger partial charge >= 0.3 is 0 Å². The molecular weight excluding hydrogens is 212 g/mol. The zero-order chi connectivity index (χ0) is 12.1. The standard InChI is InChI=1S/C15H22O2/c1-13-7-6-8-14(11-13)15(17-12-16-2)9-4-3-5-10-15/h3-5,9,14H,1,6-8,10-12H2,2H3. The third kappa shape index (κ3) is 2.88. The third-order valence-electron chi connectivity index (χ3n) is 3.82. The lowest BCUT2D eigenvalue weighted by molar-refractivity contribution is -0.134. The summed E-state index contributed by atoms with van der Waals surface area (Å²) in [5.41, 5.74) is 1.19. The smallest absolute Gasteiger partial charge is 0.147 e. The first kappa shape index (κ1) is 12.6. The molecule has 0 aliphatic heterocycles. The fourth-order valence-corrected chi connectivity index (χ4v) is 2.88. The minimum absolute atomic E-state index is 0.172. The minimum atomic E-state index is -0.172. The maximum absolute atomic E-state index is 6.01. The molecule has 0 aromatic carbocycles. The summed E-state index contributed by atoms with van der Waals surface area (Å²) >= 11 is 0. The highest BCUT2D eigenvalue weighted by Crippen LogP contribution is 2.41. The molecule has 94 valence electrons. The van der Waals surface area contributed by atoms with Gasteiger partial charge in [0, 0.05) is 7.11 Å². The average Bonchev–Trinajstić information content (AvgIpc) is 2.37. The number of hydrogen-bond acceptors (Lipinski definition) is 2. The predicted molar refractivity (Wildman–Crippen MR) is 69.7 cm³/mol. The van der Waals surface area contributed by atoms with Crippen molar-refractivity contribution in [1.82, 2.24) is 0 Å². The van der Waals surface area contributed by atoms with E-state index in [2.05, 4.69) is 30.9 Å². The van der Waals surface area contributed by atoms with E-state index >= 15 is 0 Å². The van der Waals surface area contributed by atoms with Crippen molar-refractivity contribution in [2.45, 2.75) is 37.7 Å². The molecular formula is C15H22O2. The summed E-state index contributed by atoms with van der Waals surface area (Å²) in [6, 6.07) is 0. The van der Waals surface area contributed by atoms with Crippen LogP contribution in [-0.4, -0.2) is 19.5 Å². The largest absolute Gasteiger partial charge is 0.359 e. The Morgan fingerprint density at radius 1 is 1.47 bits per heavy atom. The summed E-state index contributed by atoms with van der Waals surface area (Å²) in [5.74, 6) is 0.542. The van der Waals surface area contributed by atoms with Crippen LogP contribution in [0.4, 0.5) is 0 Å². The van der Waals surface area contributed by atoms with Crippen LogP contribution in [-0.2, 0) is 9.47 Å². The van der Waals surface area contributed by atoms with Crippen molar-refractivity contribution in [2.24, 2.45) is 5.92 Å². The molecule has 0 amide bonds. The molecule has 2 nitrogen and oxygen atoms in total. The van der Waals surface area contributed by atoms with Crippen molar-refractivity contribution < 1.29 is 9.47 Å². The fraction of sp³-hybridized carbons (Fsp3) is 0.600. The van der Waals surface area contributed by atoms with Crippen molar-refractivity contribution in [2.75, 3.05) is 13.9 Å². The van der Waals surface area contributed by atoms with E-state index in [4.69, 9.17) is 9.47 Å². The molecule has 1 fully saturated rings. The molecule has 1 saturated carbocycles. The summed E-state index contributed by atoms with van der Waals surface area (Å²) in [6.07, 6.45) is 14.2. The Labute approximate surface area is 104 Å². The fourth-order valence-electron chi connectivity index (χ4n) is 2.88. The molecule has 0 aromatic rings. The molecule has 17 heavy (non-hydrogen) atoms. The lowest BCUT2D eigenvalue weighted by Gasteiger charge is -2.41. The Bertz CT molecular complexity index is 330. The van der Waals surface area contributed by atoms with Gasteiger partial charge in [-0.2, -0.15) is 0 Å². The second kappa shape index (κ2) is 5.65. The van der Waals surface area contributed by atoms with Gasteiger partial charge in [-0.3, -0.25) is 0 Å². The predicted octanol–water partition coefficient (Wildman–Crippen LogP) is 3.61. The van der Waals surface area contributed by atoms with E-state index in [0.29, 0.717) is 12.7 Å². The first-order valence-corrected chi connectivity index (χ1v) is 6.41. The lowest BCUT2D eigenvalue weighted by atomic mass is 9.72. The van der Waals surface area contributed by atoms with Gasteiger partial charge in [0.15, 0.2) is 0 Å². The average molecular weight is 234 g/mol. The van der Waals surface area contributed by atoms with Crippen LogP contribution in [0.15, 0.2) is 36.5 Å². The number of ether oxygens (including phenoxy) is 2. The summed E-state index contributed by atoms with van der Waals surface area (Å²) in [5, 5.41) is 0. The number of allylic oxidation sites excluding steroid dienone is 3. The Morgan fingerprint density at radius 3 is 3.00 bits per heavy atom. The van der Waals surface area contributed by atoms with Crippen LogP contribution >= 0.6 is 0 Å². The van der Waals surface area contributed by atoms with Crippen LogP contribution in [0.1, 0.15) is 32.1 Å². The van der Waals surface area contributed by atoms with Crippen LogP contribution in [0, 0.1) is 5.92 Å². The molecule has 0 aromatic heterocycles. The minimum Gasteiger partial charge on any atom is -0.359 e. The SMILES string of the molecule is C=C1CCCC(C2(OCOC)C=CC=CC2)C1. The molecule has 0 radical (unpaired) electrons. The molecule has 0 spiro atoms. The molecule has 2 rings (SSSR count). The number of rotatable bonds is 4. The highest BCUT2D eigenvalue weighted by molar-refractivity contribution is 5.22. The molecule has 2 atom stereocenters. The lowest BCUT2D eigenvalue weighted by Crippen LogP contribution is -2.41. The Morgan fingerprint density at radius 2 is 2.35 bits per heavy atom. The summed E-state index contributed by atoms with van der Waals surface area (Å²) in [4.78, 5) is 0. The van der Waals surface area contributed by atoms with E-state index < -0.39 is 0 Å². The quantitative estimate of drug-likeness (QED) is 0.546. The summed E-state index contributed by atoms with van der Waals surface area (Å²) < 4.78 is 11.1. The van der Waals surface area contributed by atoms with Gasteiger partial charge in [-0.05, 0) is 38.0 Å². The molecule has 0 N–H and O–H groups in total. The summed E-state index contributed by atoms with van der Waals surface area (Å²) in [7, 11) is 1.68. The van der Waals surface area contributed by atoms with Crippen molar-refractivity contribution in [3.05, 3.63) is 36.5 Å². The Hall–Kier alpha value is -0.860. The van der Waals surface area contributed by atoms with E-state index in [1.54, 1.807) is 7.11 Å². The van der Waals surface area contributed by atoms with E-state index in [9.17, 15) is 0 Å². The van der Waals surface area contributed by atoms with Crippen LogP contribution in [0.3, 0.4) is 0 Å². The molecule has 2 aliphatic rings. The zero-order valence-corrected chi connectivity index (χ0v) is 10.7. The maximum Gasteiger partial charge on any atom is 0.147 e. The Kier molecular flexibility index (Phi) is 4.19. The number of methoxy groups -OCH3 is 1. The van der Waals surface area contributed by atoms with Crippen molar-refractivity contribution in [3.63, 3.8) is 0 Å². The Balaban J connectivity index is 2.11.